The average molecular weight is 280 g/mol. The Morgan fingerprint density at radius 1 is 1.37 bits per heavy atom. The average Bonchev–Trinajstić information content (AvgIpc) is 2.91. The SMILES string of the molecule is COc1ccc(C(=O)OCCc2cccs2)c(F)c1. The summed E-state index contributed by atoms with van der Waals surface area (Å²) in [6.45, 7) is 0.241. The van der Waals surface area contributed by atoms with Gasteiger partial charge in [-0.25, -0.2) is 9.18 Å². The monoisotopic (exact) mass is 280 g/mol. The van der Waals surface area contributed by atoms with Crippen LogP contribution in [0.5, 0.6) is 5.75 Å². The van der Waals surface area contributed by atoms with Crippen LogP contribution in [-0.4, -0.2) is 19.7 Å². The van der Waals surface area contributed by atoms with Crippen LogP contribution in [0.2, 0.25) is 0 Å². The smallest absolute Gasteiger partial charge is 0.341 e. The van der Waals surface area contributed by atoms with Gasteiger partial charge in [-0.1, -0.05) is 6.07 Å². The Hall–Kier alpha value is -1.88. The van der Waals surface area contributed by atoms with Gasteiger partial charge in [0.25, 0.3) is 0 Å². The van der Waals surface area contributed by atoms with Crippen LogP contribution in [-0.2, 0) is 11.2 Å². The molecule has 0 aliphatic carbocycles. The van der Waals surface area contributed by atoms with Gasteiger partial charge in [-0.15, -0.1) is 11.3 Å². The summed E-state index contributed by atoms with van der Waals surface area (Å²) in [5.74, 6) is -0.926. The van der Waals surface area contributed by atoms with E-state index >= 15 is 0 Å². The van der Waals surface area contributed by atoms with Crippen molar-refractivity contribution in [1.82, 2.24) is 0 Å². The van der Waals surface area contributed by atoms with Crippen molar-refractivity contribution in [3.05, 3.63) is 52.0 Å². The first-order valence-electron chi connectivity index (χ1n) is 5.74. The van der Waals surface area contributed by atoms with Crippen LogP contribution in [0, 0.1) is 5.82 Å². The van der Waals surface area contributed by atoms with Crippen molar-refractivity contribution in [2.45, 2.75) is 6.42 Å². The number of methoxy groups -OCH3 is 1. The van der Waals surface area contributed by atoms with Gasteiger partial charge in [0.2, 0.25) is 0 Å². The summed E-state index contributed by atoms with van der Waals surface area (Å²) in [5, 5.41) is 1.96. The van der Waals surface area contributed by atoms with Gasteiger partial charge in [0.15, 0.2) is 0 Å². The lowest BCUT2D eigenvalue weighted by molar-refractivity contribution is 0.0504. The fraction of sp³-hybridized carbons (Fsp3) is 0.214. The number of carbonyl (C=O) groups is 1. The Balaban J connectivity index is 1.92. The van der Waals surface area contributed by atoms with E-state index in [1.807, 2.05) is 17.5 Å². The Labute approximate surface area is 114 Å². The van der Waals surface area contributed by atoms with Gasteiger partial charge in [0, 0.05) is 17.4 Å². The summed E-state index contributed by atoms with van der Waals surface area (Å²) in [5.41, 5.74) is -0.0769. The van der Waals surface area contributed by atoms with Crippen LogP contribution in [0.1, 0.15) is 15.2 Å². The normalized spacial score (nSPS) is 10.2. The van der Waals surface area contributed by atoms with Crippen molar-refractivity contribution >= 4 is 17.3 Å². The maximum atomic E-state index is 13.6. The topological polar surface area (TPSA) is 35.5 Å². The predicted octanol–water partition coefficient (Wildman–Crippen LogP) is 3.30. The summed E-state index contributed by atoms with van der Waals surface area (Å²) in [4.78, 5) is 12.8. The van der Waals surface area contributed by atoms with Crippen molar-refractivity contribution in [2.75, 3.05) is 13.7 Å². The third kappa shape index (κ3) is 3.54. The van der Waals surface area contributed by atoms with E-state index in [1.54, 1.807) is 11.3 Å². The Kier molecular flexibility index (Phi) is 4.52. The summed E-state index contributed by atoms with van der Waals surface area (Å²) < 4.78 is 23.5. The standard InChI is InChI=1S/C14H13FO3S/c1-17-10-4-5-12(13(15)9-10)14(16)18-7-6-11-3-2-8-19-11/h2-5,8-9H,6-7H2,1H3. The first kappa shape index (κ1) is 13.5. The number of benzene rings is 1. The van der Waals surface area contributed by atoms with Gasteiger partial charge in [-0.05, 0) is 23.6 Å². The molecule has 2 aromatic rings. The van der Waals surface area contributed by atoms with E-state index in [1.165, 1.54) is 19.2 Å². The number of hydrogen-bond acceptors (Lipinski definition) is 4. The van der Waals surface area contributed by atoms with Gasteiger partial charge in [-0.3, -0.25) is 0 Å². The molecule has 1 aromatic heterocycles. The molecule has 0 atom stereocenters. The molecule has 0 fully saturated rings. The fourth-order valence-electron chi connectivity index (χ4n) is 1.57. The van der Waals surface area contributed by atoms with Gasteiger partial charge in [-0.2, -0.15) is 0 Å². The molecule has 0 saturated heterocycles. The Morgan fingerprint density at radius 2 is 2.21 bits per heavy atom. The molecule has 0 aliphatic rings. The third-order valence-corrected chi connectivity index (χ3v) is 3.49. The second-order valence-electron chi connectivity index (χ2n) is 3.81. The van der Waals surface area contributed by atoms with Crippen LogP contribution < -0.4 is 4.74 Å². The predicted molar refractivity (Wildman–Crippen MR) is 71.3 cm³/mol. The highest BCUT2D eigenvalue weighted by Crippen LogP contribution is 2.17. The van der Waals surface area contributed by atoms with Crippen LogP contribution in [0.3, 0.4) is 0 Å². The number of thiophene rings is 1. The number of halogens is 1. The van der Waals surface area contributed by atoms with Crippen LogP contribution in [0.15, 0.2) is 35.7 Å². The molecule has 0 amide bonds. The fourth-order valence-corrected chi connectivity index (χ4v) is 2.26. The Morgan fingerprint density at radius 3 is 2.84 bits per heavy atom. The second-order valence-corrected chi connectivity index (χ2v) is 4.84. The number of ether oxygens (including phenoxy) is 2. The molecule has 5 heteroatoms. The molecule has 0 saturated carbocycles. The largest absolute Gasteiger partial charge is 0.497 e. The minimum absolute atomic E-state index is 0.0769. The van der Waals surface area contributed by atoms with E-state index in [2.05, 4.69) is 0 Å². The number of carbonyl (C=O) groups excluding carboxylic acids is 1. The molecular weight excluding hydrogens is 267 g/mol. The minimum Gasteiger partial charge on any atom is -0.497 e. The molecule has 0 radical (unpaired) electrons. The lowest BCUT2D eigenvalue weighted by atomic mass is 10.2. The zero-order valence-electron chi connectivity index (χ0n) is 10.4. The molecule has 2 rings (SSSR count). The van der Waals surface area contributed by atoms with Gasteiger partial charge in [0.1, 0.15) is 11.6 Å². The molecule has 0 spiro atoms. The summed E-state index contributed by atoms with van der Waals surface area (Å²) in [6, 6.07) is 7.95. The van der Waals surface area contributed by atoms with Crippen molar-refractivity contribution < 1.29 is 18.7 Å². The van der Waals surface area contributed by atoms with Crippen molar-refractivity contribution in [3.63, 3.8) is 0 Å². The molecule has 3 nitrogen and oxygen atoms in total. The van der Waals surface area contributed by atoms with E-state index in [9.17, 15) is 9.18 Å². The summed E-state index contributed by atoms with van der Waals surface area (Å²) >= 11 is 1.60. The second kappa shape index (κ2) is 6.33. The lowest BCUT2D eigenvalue weighted by Gasteiger charge is -2.06. The van der Waals surface area contributed by atoms with E-state index in [-0.39, 0.29) is 12.2 Å². The molecule has 19 heavy (non-hydrogen) atoms. The third-order valence-electron chi connectivity index (χ3n) is 2.56. The molecule has 100 valence electrons. The molecule has 0 aliphatic heterocycles. The first-order valence-corrected chi connectivity index (χ1v) is 6.61. The highest BCUT2D eigenvalue weighted by Gasteiger charge is 2.13. The van der Waals surface area contributed by atoms with E-state index in [4.69, 9.17) is 9.47 Å². The van der Waals surface area contributed by atoms with E-state index in [0.717, 1.165) is 10.9 Å². The lowest BCUT2D eigenvalue weighted by Crippen LogP contribution is -2.09. The maximum Gasteiger partial charge on any atom is 0.341 e. The molecule has 1 heterocycles. The summed E-state index contributed by atoms with van der Waals surface area (Å²) in [6.07, 6.45) is 0.640. The highest BCUT2D eigenvalue weighted by atomic mass is 32.1. The van der Waals surface area contributed by atoms with E-state index in [0.29, 0.717) is 12.2 Å². The number of esters is 1. The van der Waals surface area contributed by atoms with Gasteiger partial charge >= 0.3 is 5.97 Å². The highest BCUT2D eigenvalue weighted by molar-refractivity contribution is 7.09. The maximum absolute atomic E-state index is 13.6. The molecule has 0 N–H and O–H groups in total. The molecule has 1 aromatic carbocycles. The molecule has 0 bridgehead atoms. The zero-order chi connectivity index (χ0) is 13.7. The summed E-state index contributed by atoms with van der Waals surface area (Å²) in [7, 11) is 1.44. The number of rotatable bonds is 5. The van der Waals surface area contributed by atoms with E-state index < -0.39 is 11.8 Å². The van der Waals surface area contributed by atoms with Gasteiger partial charge < -0.3 is 9.47 Å². The first-order chi connectivity index (χ1) is 9.20. The van der Waals surface area contributed by atoms with Crippen LogP contribution >= 0.6 is 11.3 Å². The van der Waals surface area contributed by atoms with Crippen molar-refractivity contribution in [2.24, 2.45) is 0 Å². The molecule has 0 unspecified atom stereocenters. The van der Waals surface area contributed by atoms with Crippen molar-refractivity contribution in [3.8, 4) is 5.75 Å². The Bertz CT molecular complexity index is 552. The van der Waals surface area contributed by atoms with Gasteiger partial charge in [0.05, 0.1) is 19.3 Å². The quantitative estimate of drug-likeness (QED) is 0.788. The zero-order valence-corrected chi connectivity index (χ0v) is 11.2. The number of hydrogen-bond donors (Lipinski definition) is 0. The molecular formula is C14H13FO3S. The minimum atomic E-state index is -0.656. The van der Waals surface area contributed by atoms with Crippen molar-refractivity contribution in [1.29, 1.82) is 0 Å². The van der Waals surface area contributed by atoms with Crippen LogP contribution in [0.25, 0.3) is 0 Å². The van der Waals surface area contributed by atoms with Crippen LogP contribution in [0.4, 0.5) is 4.39 Å².